The monoisotopic (exact) mass is 340 g/mol. The lowest BCUT2D eigenvalue weighted by atomic mass is 10.2. The van der Waals surface area contributed by atoms with Crippen LogP contribution in [0.5, 0.6) is 0 Å². The molecular weight excluding hydrogens is 332 g/mol. The van der Waals surface area contributed by atoms with Gasteiger partial charge in [0.1, 0.15) is 0 Å². The molecule has 0 radical (unpaired) electrons. The number of carbonyl (C=O) groups excluding carboxylic acids is 1. The van der Waals surface area contributed by atoms with Crippen molar-refractivity contribution >= 4 is 43.9 Å². The van der Waals surface area contributed by atoms with E-state index in [0.717, 1.165) is 22.2 Å². The summed E-state index contributed by atoms with van der Waals surface area (Å²) in [7, 11) is 0. The van der Waals surface area contributed by atoms with Gasteiger partial charge in [0.15, 0.2) is 0 Å². The summed E-state index contributed by atoms with van der Waals surface area (Å²) in [4.78, 5) is 22.2. The third-order valence-corrected chi connectivity index (χ3v) is 4.04. The summed E-state index contributed by atoms with van der Waals surface area (Å²) >= 11 is 4.19. The van der Waals surface area contributed by atoms with E-state index >= 15 is 0 Å². The van der Waals surface area contributed by atoms with Crippen molar-refractivity contribution in [1.82, 2.24) is 0 Å². The number of thiophene rings is 1. The smallest absolute Gasteiger partial charge is 0.321 e. The van der Waals surface area contributed by atoms with E-state index in [9.17, 15) is 14.9 Å². The zero-order chi connectivity index (χ0) is 13.8. The van der Waals surface area contributed by atoms with E-state index in [4.69, 9.17) is 0 Å². The van der Waals surface area contributed by atoms with E-state index in [1.165, 1.54) is 12.1 Å². The minimum Gasteiger partial charge on any atom is -0.321 e. The number of amides is 1. The zero-order valence-electron chi connectivity index (χ0n) is 9.63. The fourth-order valence-corrected chi connectivity index (χ4v) is 2.51. The van der Waals surface area contributed by atoms with Crippen molar-refractivity contribution in [2.45, 2.75) is 5.33 Å². The van der Waals surface area contributed by atoms with E-state index in [-0.39, 0.29) is 10.9 Å². The maximum Gasteiger partial charge on any atom is 0.324 e. The maximum atomic E-state index is 11.9. The third-order valence-electron chi connectivity index (χ3n) is 2.36. The molecule has 0 unspecified atom stereocenters. The van der Waals surface area contributed by atoms with Crippen LogP contribution in [0.1, 0.15) is 15.2 Å². The molecule has 1 N–H and O–H groups in total. The standard InChI is InChI=1S/C12H9BrN2O3S/c13-7-8-1-3-9(4-2-8)14-12(16)10-5-6-11(19-10)15(17)18/h1-6H,7H2,(H,14,16). The second-order valence-corrected chi connectivity index (χ2v) is 5.30. The normalized spacial score (nSPS) is 10.2. The number of carbonyl (C=O) groups is 1. The Kier molecular flexibility index (Phi) is 4.28. The molecule has 1 aromatic heterocycles. The number of halogens is 1. The minimum absolute atomic E-state index is 0.0419. The predicted octanol–water partition coefficient (Wildman–Crippen LogP) is 3.80. The van der Waals surface area contributed by atoms with E-state index in [1.54, 1.807) is 12.1 Å². The second-order valence-electron chi connectivity index (χ2n) is 3.68. The molecule has 0 bridgehead atoms. The Morgan fingerprint density at radius 1 is 1.26 bits per heavy atom. The quantitative estimate of drug-likeness (QED) is 0.522. The molecule has 0 saturated heterocycles. The highest BCUT2D eigenvalue weighted by atomic mass is 79.9. The minimum atomic E-state index is -0.508. The summed E-state index contributed by atoms with van der Waals surface area (Å²) in [5.74, 6) is -0.343. The molecule has 0 fully saturated rings. The number of benzene rings is 1. The van der Waals surface area contributed by atoms with E-state index in [0.29, 0.717) is 10.6 Å². The van der Waals surface area contributed by atoms with Crippen molar-refractivity contribution in [2.75, 3.05) is 5.32 Å². The molecule has 1 aromatic carbocycles. The van der Waals surface area contributed by atoms with Gasteiger partial charge in [-0.25, -0.2) is 0 Å². The van der Waals surface area contributed by atoms with Gasteiger partial charge in [-0.2, -0.15) is 0 Å². The number of nitrogens with one attached hydrogen (secondary N) is 1. The van der Waals surface area contributed by atoms with Gasteiger partial charge in [-0.15, -0.1) is 0 Å². The van der Waals surface area contributed by atoms with Crippen LogP contribution in [0.25, 0.3) is 0 Å². The van der Waals surface area contributed by atoms with Crippen LogP contribution in [-0.2, 0) is 5.33 Å². The van der Waals surface area contributed by atoms with Gasteiger partial charge in [0.2, 0.25) is 0 Å². The fraction of sp³-hybridized carbons (Fsp3) is 0.0833. The lowest BCUT2D eigenvalue weighted by molar-refractivity contribution is -0.380. The van der Waals surface area contributed by atoms with Gasteiger partial charge in [0.05, 0.1) is 9.80 Å². The summed E-state index contributed by atoms with van der Waals surface area (Å²) in [5, 5.41) is 13.9. The number of hydrogen-bond acceptors (Lipinski definition) is 4. The van der Waals surface area contributed by atoms with E-state index in [2.05, 4.69) is 21.2 Å². The van der Waals surface area contributed by atoms with Gasteiger partial charge in [-0.05, 0) is 23.8 Å². The Morgan fingerprint density at radius 2 is 1.95 bits per heavy atom. The molecule has 5 nitrogen and oxygen atoms in total. The summed E-state index contributed by atoms with van der Waals surface area (Å²) in [5.41, 5.74) is 1.76. The first-order valence-electron chi connectivity index (χ1n) is 5.30. The van der Waals surface area contributed by atoms with Gasteiger partial charge in [0, 0.05) is 17.1 Å². The van der Waals surface area contributed by atoms with Crippen molar-refractivity contribution < 1.29 is 9.72 Å². The molecule has 1 amide bonds. The molecule has 2 aromatic rings. The van der Waals surface area contributed by atoms with Crippen molar-refractivity contribution in [3.05, 3.63) is 57.0 Å². The second kappa shape index (κ2) is 5.94. The van der Waals surface area contributed by atoms with Crippen LogP contribution in [0.4, 0.5) is 10.7 Å². The average Bonchev–Trinajstić information content (AvgIpc) is 2.89. The van der Waals surface area contributed by atoms with Gasteiger partial charge in [0.25, 0.3) is 5.91 Å². The summed E-state index contributed by atoms with van der Waals surface area (Å²) in [6.45, 7) is 0. The van der Waals surface area contributed by atoms with Crippen LogP contribution in [0.2, 0.25) is 0 Å². The molecule has 0 aliphatic heterocycles. The number of alkyl halides is 1. The lowest BCUT2D eigenvalue weighted by Crippen LogP contribution is -2.09. The molecule has 19 heavy (non-hydrogen) atoms. The van der Waals surface area contributed by atoms with Crippen LogP contribution in [0.3, 0.4) is 0 Å². The molecular formula is C12H9BrN2O3S. The van der Waals surface area contributed by atoms with Crippen LogP contribution < -0.4 is 5.32 Å². The largest absolute Gasteiger partial charge is 0.324 e. The first-order chi connectivity index (χ1) is 9.10. The predicted molar refractivity (Wildman–Crippen MR) is 78.0 cm³/mol. The van der Waals surface area contributed by atoms with Gasteiger partial charge in [-0.1, -0.05) is 39.4 Å². The number of rotatable bonds is 4. The molecule has 1 heterocycles. The van der Waals surface area contributed by atoms with Gasteiger partial charge >= 0.3 is 5.00 Å². The number of nitro groups is 1. The summed E-state index contributed by atoms with van der Waals surface area (Å²) in [6, 6.07) is 10.1. The van der Waals surface area contributed by atoms with Gasteiger partial charge < -0.3 is 5.32 Å². The maximum absolute atomic E-state index is 11.9. The van der Waals surface area contributed by atoms with Crippen LogP contribution in [0, 0.1) is 10.1 Å². The fourth-order valence-electron chi connectivity index (χ4n) is 1.42. The SMILES string of the molecule is O=C(Nc1ccc(CBr)cc1)c1ccc([N+](=O)[O-])s1. The molecule has 2 rings (SSSR count). The number of hydrogen-bond donors (Lipinski definition) is 1. The molecule has 7 heteroatoms. The highest BCUT2D eigenvalue weighted by Crippen LogP contribution is 2.24. The highest BCUT2D eigenvalue weighted by Gasteiger charge is 2.15. The number of anilines is 1. The van der Waals surface area contributed by atoms with Crippen LogP contribution in [-0.4, -0.2) is 10.8 Å². The zero-order valence-corrected chi connectivity index (χ0v) is 12.0. The van der Waals surface area contributed by atoms with Gasteiger partial charge in [-0.3, -0.25) is 14.9 Å². The Hall–Kier alpha value is -1.73. The van der Waals surface area contributed by atoms with E-state index in [1.807, 2.05) is 12.1 Å². The molecule has 0 aliphatic carbocycles. The lowest BCUT2D eigenvalue weighted by Gasteiger charge is -2.03. The van der Waals surface area contributed by atoms with E-state index < -0.39 is 4.92 Å². The summed E-state index contributed by atoms with van der Waals surface area (Å²) < 4.78 is 0. The molecule has 0 aliphatic rings. The number of nitrogens with zero attached hydrogens (tertiary/aromatic N) is 1. The average molecular weight is 341 g/mol. The highest BCUT2D eigenvalue weighted by molar-refractivity contribution is 9.08. The van der Waals surface area contributed by atoms with Crippen LogP contribution >= 0.6 is 27.3 Å². The molecule has 0 spiro atoms. The Balaban J connectivity index is 2.08. The molecule has 98 valence electrons. The Bertz CT molecular complexity index is 610. The molecule has 0 atom stereocenters. The Morgan fingerprint density at radius 3 is 2.47 bits per heavy atom. The van der Waals surface area contributed by atoms with Crippen molar-refractivity contribution in [2.24, 2.45) is 0 Å². The first-order valence-corrected chi connectivity index (χ1v) is 7.24. The summed E-state index contributed by atoms with van der Waals surface area (Å²) in [6.07, 6.45) is 0. The molecule has 0 saturated carbocycles. The first kappa shape index (κ1) is 13.7. The topological polar surface area (TPSA) is 72.2 Å². The van der Waals surface area contributed by atoms with Crippen LogP contribution in [0.15, 0.2) is 36.4 Å². The third kappa shape index (κ3) is 3.39. The van der Waals surface area contributed by atoms with Crippen molar-refractivity contribution in [1.29, 1.82) is 0 Å². The Labute approximate surface area is 121 Å². The van der Waals surface area contributed by atoms with Crippen molar-refractivity contribution in [3.63, 3.8) is 0 Å². The van der Waals surface area contributed by atoms with Crippen molar-refractivity contribution in [3.8, 4) is 0 Å².